The second-order valence-electron chi connectivity index (χ2n) is 2.97. The lowest BCUT2D eigenvalue weighted by molar-refractivity contribution is -0.136. The number of piperidine rings is 1. The van der Waals surface area contributed by atoms with Gasteiger partial charge in [0.25, 0.3) is 0 Å². The molecule has 1 aliphatic heterocycles. The fraction of sp³-hybridized carbons (Fsp3) is 0.750. The summed E-state index contributed by atoms with van der Waals surface area (Å²) in [6.45, 7) is 2.58. The third-order valence-electron chi connectivity index (χ3n) is 1.83. The van der Waals surface area contributed by atoms with Crippen LogP contribution in [0.4, 0.5) is 0 Å². The molecule has 3 heteroatoms. The molecule has 0 spiro atoms. The number of ketones is 1. The highest BCUT2D eigenvalue weighted by atomic mass is 16.2. The highest BCUT2D eigenvalue weighted by Crippen LogP contribution is 2.09. The molecule has 1 saturated heterocycles. The molecule has 0 saturated carbocycles. The molecule has 62 valence electrons. The van der Waals surface area contributed by atoms with Crippen molar-refractivity contribution in [3.63, 3.8) is 0 Å². The third kappa shape index (κ3) is 2.33. The highest BCUT2D eigenvalue weighted by Gasteiger charge is 2.18. The van der Waals surface area contributed by atoms with Crippen LogP contribution in [-0.4, -0.2) is 29.7 Å². The lowest BCUT2D eigenvalue weighted by Gasteiger charge is -2.25. The van der Waals surface area contributed by atoms with Gasteiger partial charge in [-0.1, -0.05) is 0 Å². The van der Waals surface area contributed by atoms with Gasteiger partial charge in [-0.2, -0.15) is 0 Å². The molecule has 1 amide bonds. The van der Waals surface area contributed by atoms with E-state index < -0.39 is 0 Å². The molecule has 1 fully saturated rings. The van der Waals surface area contributed by atoms with Crippen LogP contribution < -0.4 is 0 Å². The second kappa shape index (κ2) is 3.51. The number of Topliss-reactive ketones (excluding diaryl/α,β-unsaturated/α-hetero) is 1. The van der Waals surface area contributed by atoms with Gasteiger partial charge in [0.2, 0.25) is 5.91 Å². The van der Waals surface area contributed by atoms with E-state index in [1.807, 2.05) is 0 Å². The Morgan fingerprint density at radius 1 is 1.55 bits per heavy atom. The van der Waals surface area contributed by atoms with Gasteiger partial charge in [-0.25, -0.2) is 0 Å². The quantitative estimate of drug-likeness (QED) is 0.585. The summed E-state index contributed by atoms with van der Waals surface area (Å²) in [6, 6.07) is 0. The normalized spacial score (nSPS) is 18.6. The SMILES string of the molecule is CC(=O)CN1CCCCC1=O. The lowest BCUT2D eigenvalue weighted by atomic mass is 10.1. The summed E-state index contributed by atoms with van der Waals surface area (Å²) in [5.74, 6) is 0.201. The highest BCUT2D eigenvalue weighted by molar-refractivity contribution is 5.84. The predicted octanol–water partition coefficient (Wildman–Crippen LogP) is 0.588. The maximum atomic E-state index is 11.1. The standard InChI is InChI=1S/C8H13NO2/c1-7(10)6-9-5-3-2-4-8(9)11/h2-6H2,1H3. The van der Waals surface area contributed by atoms with Crippen molar-refractivity contribution in [2.24, 2.45) is 0 Å². The van der Waals surface area contributed by atoms with Crippen molar-refractivity contribution in [2.45, 2.75) is 26.2 Å². The zero-order valence-corrected chi connectivity index (χ0v) is 6.80. The first kappa shape index (κ1) is 8.24. The number of amides is 1. The Morgan fingerprint density at radius 2 is 2.27 bits per heavy atom. The van der Waals surface area contributed by atoms with E-state index in [4.69, 9.17) is 0 Å². The first-order chi connectivity index (χ1) is 5.20. The molecule has 0 unspecified atom stereocenters. The largest absolute Gasteiger partial charge is 0.335 e. The van der Waals surface area contributed by atoms with Crippen molar-refractivity contribution in [1.29, 1.82) is 0 Å². The summed E-state index contributed by atoms with van der Waals surface area (Å²) in [5.41, 5.74) is 0. The molecular formula is C8H13NO2. The Balaban J connectivity index is 2.42. The number of rotatable bonds is 2. The number of likely N-dealkylation sites (tertiary alicyclic amines) is 1. The minimum atomic E-state index is 0.0697. The summed E-state index contributed by atoms with van der Waals surface area (Å²) >= 11 is 0. The van der Waals surface area contributed by atoms with Crippen LogP contribution in [0, 0.1) is 0 Å². The van der Waals surface area contributed by atoms with Crippen LogP contribution >= 0.6 is 0 Å². The van der Waals surface area contributed by atoms with Crippen molar-refractivity contribution in [3.8, 4) is 0 Å². The first-order valence-corrected chi connectivity index (χ1v) is 3.97. The maximum Gasteiger partial charge on any atom is 0.222 e. The Kier molecular flexibility index (Phi) is 2.63. The van der Waals surface area contributed by atoms with Gasteiger partial charge in [-0.3, -0.25) is 9.59 Å². The third-order valence-corrected chi connectivity index (χ3v) is 1.83. The van der Waals surface area contributed by atoms with E-state index in [9.17, 15) is 9.59 Å². The van der Waals surface area contributed by atoms with Crippen molar-refractivity contribution in [3.05, 3.63) is 0 Å². The van der Waals surface area contributed by atoms with Crippen LogP contribution in [0.25, 0.3) is 0 Å². The molecule has 1 aliphatic rings. The van der Waals surface area contributed by atoms with Gasteiger partial charge in [-0.15, -0.1) is 0 Å². The molecule has 0 atom stereocenters. The van der Waals surface area contributed by atoms with E-state index in [2.05, 4.69) is 0 Å². The summed E-state index contributed by atoms with van der Waals surface area (Å²) in [7, 11) is 0. The van der Waals surface area contributed by atoms with Crippen LogP contribution in [0.15, 0.2) is 0 Å². The fourth-order valence-corrected chi connectivity index (χ4v) is 1.30. The molecule has 0 N–H and O–H groups in total. The topological polar surface area (TPSA) is 37.4 Å². The van der Waals surface area contributed by atoms with E-state index in [0.29, 0.717) is 13.0 Å². The Morgan fingerprint density at radius 3 is 2.82 bits per heavy atom. The monoisotopic (exact) mass is 155 g/mol. The average molecular weight is 155 g/mol. The van der Waals surface area contributed by atoms with Crippen LogP contribution in [-0.2, 0) is 9.59 Å². The van der Waals surface area contributed by atoms with E-state index in [1.54, 1.807) is 4.90 Å². The Hall–Kier alpha value is -0.860. The molecule has 0 aromatic carbocycles. The molecule has 0 aliphatic carbocycles. The van der Waals surface area contributed by atoms with Crippen molar-refractivity contribution in [1.82, 2.24) is 4.90 Å². The zero-order chi connectivity index (χ0) is 8.27. The van der Waals surface area contributed by atoms with Gasteiger partial charge in [0.05, 0.1) is 6.54 Å². The van der Waals surface area contributed by atoms with Crippen LogP contribution in [0.3, 0.4) is 0 Å². The molecule has 1 rings (SSSR count). The minimum Gasteiger partial charge on any atom is -0.335 e. The smallest absolute Gasteiger partial charge is 0.222 e. The van der Waals surface area contributed by atoms with Crippen LogP contribution in [0.5, 0.6) is 0 Å². The van der Waals surface area contributed by atoms with Gasteiger partial charge in [0.1, 0.15) is 5.78 Å². The molecule has 0 aromatic rings. The van der Waals surface area contributed by atoms with Crippen LogP contribution in [0.1, 0.15) is 26.2 Å². The van der Waals surface area contributed by atoms with E-state index >= 15 is 0 Å². The summed E-state index contributed by atoms with van der Waals surface area (Å²) in [5, 5.41) is 0. The van der Waals surface area contributed by atoms with Gasteiger partial charge in [-0.05, 0) is 19.8 Å². The minimum absolute atomic E-state index is 0.0697. The first-order valence-electron chi connectivity index (χ1n) is 3.97. The fourth-order valence-electron chi connectivity index (χ4n) is 1.30. The number of nitrogens with zero attached hydrogens (tertiary/aromatic N) is 1. The summed E-state index contributed by atoms with van der Waals surface area (Å²) in [4.78, 5) is 23.4. The van der Waals surface area contributed by atoms with Gasteiger partial charge < -0.3 is 4.90 Å². The number of carbonyl (C=O) groups excluding carboxylic acids is 2. The zero-order valence-electron chi connectivity index (χ0n) is 6.80. The van der Waals surface area contributed by atoms with Crippen LogP contribution in [0.2, 0.25) is 0 Å². The van der Waals surface area contributed by atoms with Crippen molar-refractivity contribution in [2.75, 3.05) is 13.1 Å². The number of carbonyl (C=O) groups is 2. The molecule has 11 heavy (non-hydrogen) atoms. The summed E-state index contributed by atoms with van der Waals surface area (Å²) < 4.78 is 0. The molecular weight excluding hydrogens is 142 g/mol. The lowest BCUT2D eigenvalue weighted by Crippen LogP contribution is -2.38. The van der Waals surface area contributed by atoms with E-state index in [0.717, 1.165) is 19.4 Å². The second-order valence-corrected chi connectivity index (χ2v) is 2.97. The molecule has 0 bridgehead atoms. The Labute approximate surface area is 66.4 Å². The van der Waals surface area contributed by atoms with Gasteiger partial charge >= 0.3 is 0 Å². The van der Waals surface area contributed by atoms with E-state index in [1.165, 1.54) is 6.92 Å². The molecule has 3 nitrogen and oxygen atoms in total. The molecule has 0 radical (unpaired) electrons. The average Bonchev–Trinajstić information content (AvgIpc) is 1.93. The molecule has 1 heterocycles. The number of hydrogen-bond donors (Lipinski definition) is 0. The summed E-state index contributed by atoms with van der Waals surface area (Å²) in [6.07, 6.45) is 2.64. The van der Waals surface area contributed by atoms with E-state index in [-0.39, 0.29) is 11.7 Å². The van der Waals surface area contributed by atoms with Crippen molar-refractivity contribution >= 4 is 11.7 Å². The molecule has 0 aromatic heterocycles. The predicted molar refractivity (Wildman–Crippen MR) is 41.1 cm³/mol. The number of hydrogen-bond acceptors (Lipinski definition) is 2. The van der Waals surface area contributed by atoms with Crippen molar-refractivity contribution < 1.29 is 9.59 Å². The Bertz CT molecular complexity index is 177. The van der Waals surface area contributed by atoms with Gasteiger partial charge in [0.15, 0.2) is 0 Å². The van der Waals surface area contributed by atoms with Gasteiger partial charge in [0, 0.05) is 13.0 Å². The maximum absolute atomic E-state index is 11.1.